The Morgan fingerprint density at radius 2 is 1.67 bits per heavy atom. The molecule has 2 rings (SSSR count). The van der Waals surface area contributed by atoms with Crippen molar-refractivity contribution in [2.45, 2.75) is 24.8 Å². The molecule has 0 spiro atoms. The van der Waals surface area contributed by atoms with Gasteiger partial charge in [-0.3, -0.25) is 0 Å². The Bertz CT molecular complexity index is 900. The summed E-state index contributed by atoms with van der Waals surface area (Å²) in [6.45, 7) is 0.194. The molecule has 164 valence electrons. The zero-order valence-corrected chi connectivity index (χ0v) is 18.9. The van der Waals surface area contributed by atoms with E-state index in [1.165, 1.54) is 12.1 Å². The molecule has 0 saturated heterocycles. The fourth-order valence-corrected chi connectivity index (χ4v) is 3.86. The van der Waals surface area contributed by atoms with Crippen molar-refractivity contribution in [3.8, 4) is 5.75 Å². The molecule has 0 radical (unpaired) electrons. The summed E-state index contributed by atoms with van der Waals surface area (Å²) in [5.74, 6) is -5.89. The molecular formula is C17H10BrClF7IN2O. The normalized spacial score (nSPS) is 13.0. The van der Waals surface area contributed by atoms with E-state index in [4.69, 9.17) is 16.3 Å². The maximum atomic E-state index is 13.2. The number of halogens is 10. The van der Waals surface area contributed by atoms with E-state index < -0.39 is 18.1 Å². The lowest BCUT2D eigenvalue weighted by Crippen LogP contribution is -2.58. The number of hydrogen-bond acceptors (Lipinski definition) is 3. The Balaban J connectivity index is 2.10. The molecule has 0 bridgehead atoms. The summed E-state index contributed by atoms with van der Waals surface area (Å²) in [5, 5.41) is 3.38. The lowest BCUT2D eigenvalue weighted by atomic mass is 10.2. The standard InChI is InChI=1S/C17H10BrClF7IN2O/c18-12-5-10(7-28-29-17(25,26)15(20,21)16(22,23)24)6-13(27)14(12)30-8-9-1-3-11(19)4-2-9/h1-7,29H,8H2/b28-7+. The van der Waals surface area contributed by atoms with Crippen molar-refractivity contribution in [1.82, 2.24) is 5.43 Å². The summed E-state index contributed by atoms with van der Waals surface area (Å²) >= 11 is 10.9. The highest BCUT2D eigenvalue weighted by atomic mass is 127. The monoisotopic (exact) mass is 632 g/mol. The van der Waals surface area contributed by atoms with Crippen molar-refractivity contribution in [3.05, 3.63) is 60.6 Å². The Hall–Kier alpha value is -1.28. The van der Waals surface area contributed by atoms with Crippen molar-refractivity contribution in [2.24, 2.45) is 5.10 Å². The molecule has 3 nitrogen and oxygen atoms in total. The minimum absolute atomic E-state index is 0.142. The molecule has 2 aromatic rings. The van der Waals surface area contributed by atoms with Crippen LogP contribution in [0.3, 0.4) is 0 Å². The van der Waals surface area contributed by atoms with Crippen LogP contribution in [0.4, 0.5) is 30.7 Å². The average molecular weight is 634 g/mol. The maximum Gasteiger partial charge on any atom is 0.462 e. The molecule has 0 heterocycles. The maximum absolute atomic E-state index is 13.2. The lowest BCUT2D eigenvalue weighted by molar-refractivity contribution is -0.361. The van der Waals surface area contributed by atoms with Gasteiger partial charge in [-0.2, -0.15) is 35.8 Å². The molecule has 2 aromatic carbocycles. The van der Waals surface area contributed by atoms with Gasteiger partial charge in [-0.05, 0) is 73.9 Å². The van der Waals surface area contributed by atoms with Crippen LogP contribution in [0.15, 0.2) is 46.0 Å². The van der Waals surface area contributed by atoms with E-state index in [1.807, 2.05) is 22.6 Å². The van der Waals surface area contributed by atoms with Crippen molar-refractivity contribution < 1.29 is 35.5 Å². The fraction of sp³-hybridized carbons (Fsp3) is 0.235. The van der Waals surface area contributed by atoms with Gasteiger partial charge in [0.05, 0.1) is 14.3 Å². The van der Waals surface area contributed by atoms with Gasteiger partial charge in [0.2, 0.25) is 0 Å². The molecule has 0 aliphatic carbocycles. The van der Waals surface area contributed by atoms with Gasteiger partial charge in [0.1, 0.15) is 12.4 Å². The third-order valence-corrected chi connectivity index (χ3v) is 5.13. The number of nitrogens with one attached hydrogen (secondary N) is 1. The minimum Gasteiger partial charge on any atom is -0.487 e. The number of alkyl halides is 7. The molecule has 0 saturated carbocycles. The average Bonchev–Trinajstić information content (AvgIpc) is 2.61. The topological polar surface area (TPSA) is 33.6 Å². The molecule has 0 aliphatic heterocycles. The predicted molar refractivity (Wildman–Crippen MR) is 109 cm³/mol. The van der Waals surface area contributed by atoms with Crippen LogP contribution in [-0.2, 0) is 6.61 Å². The van der Waals surface area contributed by atoms with E-state index in [1.54, 1.807) is 24.3 Å². The molecule has 0 unspecified atom stereocenters. The van der Waals surface area contributed by atoms with Crippen molar-refractivity contribution >= 4 is 56.3 Å². The first-order valence-electron chi connectivity index (χ1n) is 7.73. The zero-order chi connectivity index (χ0) is 22.7. The van der Waals surface area contributed by atoms with Gasteiger partial charge in [0.15, 0.2) is 0 Å². The highest BCUT2D eigenvalue weighted by molar-refractivity contribution is 14.1. The number of benzene rings is 2. The van der Waals surface area contributed by atoms with Crippen LogP contribution < -0.4 is 10.2 Å². The smallest absolute Gasteiger partial charge is 0.462 e. The first-order chi connectivity index (χ1) is 13.7. The Labute approximate surface area is 192 Å². The van der Waals surface area contributed by atoms with Crippen molar-refractivity contribution in [1.29, 1.82) is 0 Å². The molecule has 0 aliphatic rings. The van der Waals surface area contributed by atoms with Gasteiger partial charge in [0, 0.05) is 5.02 Å². The molecule has 30 heavy (non-hydrogen) atoms. The minimum atomic E-state index is -6.44. The third-order valence-electron chi connectivity index (χ3n) is 3.49. The highest BCUT2D eigenvalue weighted by Gasteiger charge is 2.73. The first kappa shape index (κ1) is 25.0. The molecule has 13 heteroatoms. The summed E-state index contributed by atoms with van der Waals surface area (Å²) in [4.78, 5) is 0. The first-order valence-corrected chi connectivity index (χ1v) is 9.98. The van der Waals surface area contributed by atoms with Gasteiger partial charge < -0.3 is 4.74 Å². The highest BCUT2D eigenvalue weighted by Crippen LogP contribution is 2.45. The number of hydrogen-bond donors (Lipinski definition) is 1. The second-order valence-corrected chi connectivity index (χ2v) is 8.20. The predicted octanol–water partition coefficient (Wildman–Crippen LogP) is 7.00. The van der Waals surface area contributed by atoms with Crippen LogP contribution in [0.25, 0.3) is 0 Å². The molecular weight excluding hydrogens is 623 g/mol. The SMILES string of the molecule is FC(F)(F)C(F)(F)C(F)(F)N/N=C/c1cc(Br)c(OCc2ccc(Cl)cc2)c(I)c1. The molecule has 0 amide bonds. The molecule has 1 N–H and O–H groups in total. The second kappa shape index (κ2) is 9.47. The van der Waals surface area contributed by atoms with Crippen molar-refractivity contribution in [2.75, 3.05) is 0 Å². The van der Waals surface area contributed by atoms with Gasteiger partial charge in [0.25, 0.3) is 0 Å². The fourth-order valence-electron chi connectivity index (χ4n) is 1.96. The van der Waals surface area contributed by atoms with E-state index in [0.717, 1.165) is 5.56 Å². The second-order valence-electron chi connectivity index (χ2n) is 5.75. The van der Waals surface area contributed by atoms with Crippen LogP contribution in [0.5, 0.6) is 5.75 Å². The van der Waals surface area contributed by atoms with E-state index in [0.29, 0.717) is 30.5 Å². The van der Waals surface area contributed by atoms with Gasteiger partial charge >= 0.3 is 18.1 Å². The number of rotatable bonds is 7. The van der Waals surface area contributed by atoms with Gasteiger partial charge in [-0.1, -0.05) is 23.7 Å². The lowest BCUT2D eigenvalue weighted by Gasteiger charge is -2.27. The van der Waals surface area contributed by atoms with E-state index in [-0.39, 0.29) is 12.2 Å². The molecule has 0 aromatic heterocycles. The van der Waals surface area contributed by atoms with Crippen LogP contribution >= 0.6 is 50.1 Å². The third kappa shape index (κ3) is 5.90. The summed E-state index contributed by atoms with van der Waals surface area (Å²) in [6.07, 6.45) is -5.77. The summed E-state index contributed by atoms with van der Waals surface area (Å²) in [7, 11) is 0. The zero-order valence-electron chi connectivity index (χ0n) is 14.4. The Morgan fingerprint density at radius 1 is 1.07 bits per heavy atom. The van der Waals surface area contributed by atoms with Gasteiger partial charge in [-0.25, -0.2) is 5.43 Å². The van der Waals surface area contributed by atoms with Crippen LogP contribution in [0.2, 0.25) is 5.02 Å². The van der Waals surface area contributed by atoms with E-state index in [9.17, 15) is 30.7 Å². The summed E-state index contributed by atoms with van der Waals surface area (Å²) in [6, 6.07) is 4.03. The van der Waals surface area contributed by atoms with E-state index >= 15 is 0 Å². The number of nitrogens with zero attached hydrogens (tertiary/aromatic N) is 1. The van der Waals surface area contributed by atoms with Crippen LogP contribution in [-0.4, -0.2) is 24.4 Å². The quantitative estimate of drug-likeness (QED) is 0.117. The molecule has 0 fully saturated rings. The largest absolute Gasteiger partial charge is 0.487 e. The van der Waals surface area contributed by atoms with E-state index in [2.05, 4.69) is 21.0 Å². The van der Waals surface area contributed by atoms with Gasteiger partial charge in [-0.15, -0.1) is 0 Å². The summed E-state index contributed by atoms with van der Waals surface area (Å²) in [5.41, 5.74) is 1.53. The van der Waals surface area contributed by atoms with Crippen LogP contribution in [0.1, 0.15) is 11.1 Å². The number of ether oxygens (including phenoxy) is 1. The Morgan fingerprint density at radius 3 is 2.20 bits per heavy atom. The van der Waals surface area contributed by atoms with Crippen molar-refractivity contribution in [3.63, 3.8) is 0 Å². The number of hydrazone groups is 1. The van der Waals surface area contributed by atoms with Crippen LogP contribution in [0, 0.1) is 3.57 Å². The molecule has 0 atom stereocenters. The summed E-state index contributed by atoms with van der Waals surface area (Å²) < 4.78 is 94.9. The Kier molecular flexibility index (Phi) is 7.89.